The van der Waals surface area contributed by atoms with Gasteiger partial charge in [-0.1, -0.05) is 0 Å². The number of hydrogen-bond donors (Lipinski definition) is 1. The largest absolute Gasteiger partial charge is 0.395 e. The third-order valence-electron chi connectivity index (χ3n) is 2.75. The maximum absolute atomic E-state index is 9.06. The number of nitrogens with zero attached hydrogens (tertiary/aromatic N) is 3. The molecule has 5 heteroatoms. The molecule has 0 aliphatic carbocycles. The first-order valence-electron chi connectivity index (χ1n) is 5.29. The van der Waals surface area contributed by atoms with Crippen molar-refractivity contribution in [2.24, 2.45) is 0 Å². The van der Waals surface area contributed by atoms with E-state index in [4.69, 9.17) is 5.11 Å². The lowest BCUT2D eigenvalue weighted by molar-refractivity contribution is 0.278. The lowest BCUT2D eigenvalue weighted by Gasteiger charge is -2.04. The van der Waals surface area contributed by atoms with Gasteiger partial charge in [0.25, 0.3) is 0 Å². The number of halogens is 1. The fourth-order valence-corrected chi connectivity index (χ4v) is 2.49. The van der Waals surface area contributed by atoms with Crippen LogP contribution in [0.4, 0.5) is 0 Å². The van der Waals surface area contributed by atoms with E-state index < -0.39 is 0 Å². The van der Waals surface area contributed by atoms with E-state index in [0.717, 1.165) is 21.9 Å². The molecule has 2 heterocycles. The van der Waals surface area contributed by atoms with Crippen LogP contribution in [0.1, 0.15) is 0 Å². The van der Waals surface area contributed by atoms with Crippen LogP contribution in [0.15, 0.2) is 30.7 Å². The maximum atomic E-state index is 9.06. The summed E-state index contributed by atoms with van der Waals surface area (Å²) in [6.45, 7) is 0.667. The Hall–Kier alpha value is -1.21. The summed E-state index contributed by atoms with van der Waals surface area (Å²) in [5.74, 6) is 0. The minimum absolute atomic E-state index is 0.110. The molecule has 3 aromatic rings. The van der Waals surface area contributed by atoms with Crippen molar-refractivity contribution in [2.45, 2.75) is 6.54 Å². The lowest BCUT2D eigenvalue weighted by atomic mass is 10.2. The maximum Gasteiger partial charge on any atom is 0.107 e. The summed E-state index contributed by atoms with van der Waals surface area (Å²) >= 11 is 2.28. The van der Waals surface area contributed by atoms with Gasteiger partial charge in [0.2, 0.25) is 0 Å². The van der Waals surface area contributed by atoms with Gasteiger partial charge in [0, 0.05) is 15.5 Å². The Balaban J connectivity index is 2.42. The quantitative estimate of drug-likeness (QED) is 0.728. The minimum atomic E-state index is 0.110. The molecule has 0 atom stereocenters. The SMILES string of the molecule is OCCn1cnc2cnc3ccc(I)cc3c21. The molecule has 1 aromatic carbocycles. The molecule has 2 aromatic heterocycles. The number of pyridine rings is 1. The van der Waals surface area contributed by atoms with Crippen molar-refractivity contribution in [3.05, 3.63) is 34.3 Å². The highest BCUT2D eigenvalue weighted by Crippen LogP contribution is 2.24. The number of hydrogen-bond acceptors (Lipinski definition) is 3. The van der Waals surface area contributed by atoms with E-state index in [1.54, 1.807) is 12.5 Å². The van der Waals surface area contributed by atoms with E-state index in [1.165, 1.54) is 3.57 Å². The molecule has 0 radical (unpaired) electrons. The summed E-state index contributed by atoms with van der Waals surface area (Å²) in [6.07, 6.45) is 3.53. The Kier molecular flexibility index (Phi) is 2.71. The summed E-state index contributed by atoms with van der Waals surface area (Å²) in [7, 11) is 0. The Morgan fingerprint density at radius 3 is 2.94 bits per heavy atom. The average molecular weight is 339 g/mol. The van der Waals surface area contributed by atoms with Gasteiger partial charge in [0.15, 0.2) is 0 Å². The molecule has 0 saturated heterocycles. The zero-order valence-corrected chi connectivity index (χ0v) is 11.1. The fraction of sp³-hybridized carbons (Fsp3) is 0.167. The van der Waals surface area contributed by atoms with E-state index in [1.807, 2.05) is 16.7 Å². The van der Waals surface area contributed by atoms with Crippen molar-refractivity contribution in [3.63, 3.8) is 0 Å². The number of fused-ring (bicyclic) bond motifs is 3. The highest BCUT2D eigenvalue weighted by Gasteiger charge is 2.08. The van der Waals surface area contributed by atoms with E-state index in [9.17, 15) is 0 Å². The normalized spacial score (nSPS) is 11.4. The Bertz CT molecular complexity index is 693. The molecule has 0 amide bonds. The van der Waals surface area contributed by atoms with E-state index in [0.29, 0.717) is 6.54 Å². The van der Waals surface area contributed by atoms with Crippen LogP contribution >= 0.6 is 22.6 Å². The monoisotopic (exact) mass is 339 g/mol. The molecule has 17 heavy (non-hydrogen) atoms. The predicted octanol–water partition coefficient (Wildman–Crippen LogP) is 2.18. The van der Waals surface area contributed by atoms with Gasteiger partial charge in [0.05, 0.1) is 30.2 Å². The minimum Gasteiger partial charge on any atom is -0.395 e. The molecule has 0 aliphatic heterocycles. The van der Waals surface area contributed by atoms with Crippen molar-refractivity contribution in [1.29, 1.82) is 0 Å². The van der Waals surface area contributed by atoms with Gasteiger partial charge in [-0.05, 0) is 40.8 Å². The summed E-state index contributed by atoms with van der Waals surface area (Å²) < 4.78 is 3.14. The van der Waals surface area contributed by atoms with Gasteiger partial charge in [0.1, 0.15) is 5.52 Å². The Morgan fingerprint density at radius 2 is 2.12 bits per heavy atom. The molecule has 0 fully saturated rings. The van der Waals surface area contributed by atoms with Crippen molar-refractivity contribution in [2.75, 3.05) is 6.61 Å². The highest BCUT2D eigenvalue weighted by molar-refractivity contribution is 14.1. The van der Waals surface area contributed by atoms with Gasteiger partial charge >= 0.3 is 0 Å². The molecule has 86 valence electrons. The second-order valence-corrected chi connectivity index (χ2v) is 5.06. The number of imidazole rings is 1. The van der Waals surface area contributed by atoms with Crippen LogP contribution in [0, 0.1) is 3.57 Å². The first kappa shape index (κ1) is 10.9. The number of benzene rings is 1. The molecule has 0 aliphatic rings. The third kappa shape index (κ3) is 1.79. The molecular weight excluding hydrogens is 329 g/mol. The van der Waals surface area contributed by atoms with Crippen molar-refractivity contribution < 1.29 is 5.11 Å². The Labute approximate surface area is 111 Å². The van der Waals surface area contributed by atoms with Crippen LogP contribution < -0.4 is 0 Å². The van der Waals surface area contributed by atoms with Gasteiger partial charge in [-0.15, -0.1) is 0 Å². The first-order valence-corrected chi connectivity index (χ1v) is 6.37. The smallest absolute Gasteiger partial charge is 0.107 e. The van der Waals surface area contributed by atoms with Gasteiger partial charge in [-0.25, -0.2) is 4.98 Å². The standard InChI is InChI=1S/C12H10IN3O/c13-8-1-2-10-9(5-8)12-11(6-14-10)15-7-16(12)3-4-17/h1-2,5-7,17H,3-4H2. The summed E-state index contributed by atoms with van der Waals surface area (Å²) in [4.78, 5) is 8.69. The van der Waals surface area contributed by atoms with Gasteiger partial charge in [-0.3, -0.25) is 4.98 Å². The van der Waals surface area contributed by atoms with Crippen LogP contribution in [0.2, 0.25) is 0 Å². The molecular formula is C12H10IN3O. The van der Waals surface area contributed by atoms with Crippen molar-refractivity contribution in [3.8, 4) is 0 Å². The van der Waals surface area contributed by atoms with Crippen LogP contribution in [-0.2, 0) is 6.54 Å². The molecule has 0 unspecified atom stereocenters. The van der Waals surface area contributed by atoms with E-state index in [-0.39, 0.29) is 6.61 Å². The van der Waals surface area contributed by atoms with Crippen LogP contribution in [0.25, 0.3) is 21.9 Å². The highest BCUT2D eigenvalue weighted by atomic mass is 127. The van der Waals surface area contributed by atoms with Crippen LogP contribution in [0.5, 0.6) is 0 Å². The number of rotatable bonds is 2. The van der Waals surface area contributed by atoms with Gasteiger partial charge in [-0.2, -0.15) is 0 Å². The summed E-state index contributed by atoms with van der Waals surface area (Å²) in [6, 6.07) is 6.14. The Morgan fingerprint density at radius 1 is 1.24 bits per heavy atom. The van der Waals surface area contributed by atoms with Crippen molar-refractivity contribution in [1.82, 2.24) is 14.5 Å². The number of aliphatic hydroxyl groups is 1. The number of aromatic nitrogens is 3. The van der Waals surface area contributed by atoms with Crippen LogP contribution in [0.3, 0.4) is 0 Å². The summed E-state index contributed by atoms with van der Waals surface area (Å²) in [5, 5.41) is 10.1. The van der Waals surface area contributed by atoms with E-state index >= 15 is 0 Å². The molecule has 4 nitrogen and oxygen atoms in total. The second kappa shape index (κ2) is 4.23. The molecule has 1 N–H and O–H groups in total. The van der Waals surface area contributed by atoms with E-state index in [2.05, 4.69) is 38.6 Å². The predicted molar refractivity (Wildman–Crippen MR) is 74.8 cm³/mol. The second-order valence-electron chi connectivity index (χ2n) is 3.82. The van der Waals surface area contributed by atoms with Crippen LogP contribution in [-0.4, -0.2) is 26.2 Å². The zero-order valence-electron chi connectivity index (χ0n) is 8.97. The average Bonchev–Trinajstić information content (AvgIpc) is 2.73. The molecule has 0 saturated carbocycles. The van der Waals surface area contributed by atoms with Crippen molar-refractivity contribution >= 4 is 44.5 Å². The topological polar surface area (TPSA) is 50.9 Å². The molecule has 3 rings (SSSR count). The third-order valence-corrected chi connectivity index (χ3v) is 3.42. The fourth-order valence-electron chi connectivity index (χ4n) is 2.00. The lowest BCUT2D eigenvalue weighted by Crippen LogP contribution is -2.00. The van der Waals surface area contributed by atoms with Gasteiger partial charge < -0.3 is 9.67 Å². The first-order chi connectivity index (χ1) is 8.29. The summed E-state index contributed by atoms with van der Waals surface area (Å²) in [5.41, 5.74) is 2.87. The zero-order chi connectivity index (χ0) is 11.8. The molecule has 0 spiro atoms. The molecule has 0 bridgehead atoms. The number of aliphatic hydroxyl groups excluding tert-OH is 1.